The molecule has 2 atom stereocenters. The van der Waals surface area contributed by atoms with Gasteiger partial charge in [0.05, 0.1) is 0 Å². The van der Waals surface area contributed by atoms with Crippen molar-refractivity contribution in [1.82, 2.24) is 5.32 Å². The van der Waals surface area contributed by atoms with Crippen molar-refractivity contribution in [3.8, 4) is 0 Å². The number of hydrogen-bond acceptors (Lipinski definition) is 2. The summed E-state index contributed by atoms with van der Waals surface area (Å²) in [7, 11) is 0. The smallest absolute Gasteiger partial charge is 0.00795 e. The lowest BCUT2D eigenvalue weighted by molar-refractivity contribution is 0.555. The SMILES string of the molecule is CC(C)NCC1CC1c1cccs1. The molecule has 0 bridgehead atoms. The van der Waals surface area contributed by atoms with Gasteiger partial charge in [0.25, 0.3) is 0 Å². The van der Waals surface area contributed by atoms with E-state index in [0.717, 1.165) is 11.8 Å². The van der Waals surface area contributed by atoms with Crippen molar-refractivity contribution in [2.24, 2.45) is 5.92 Å². The number of hydrogen-bond donors (Lipinski definition) is 1. The van der Waals surface area contributed by atoms with Crippen LogP contribution in [0.2, 0.25) is 0 Å². The minimum atomic E-state index is 0.629. The van der Waals surface area contributed by atoms with Gasteiger partial charge in [-0.2, -0.15) is 0 Å². The topological polar surface area (TPSA) is 12.0 Å². The fraction of sp³-hybridized carbons (Fsp3) is 0.636. The van der Waals surface area contributed by atoms with Gasteiger partial charge in [0.1, 0.15) is 0 Å². The minimum Gasteiger partial charge on any atom is -0.314 e. The zero-order chi connectivity index (χ0) is 9.26. The molecule has 1 nitrogen and oxygen atoms in total. The van der Waals surface area contributed by atoms with E-state index in [0.29, 0.717) is 6.04 Å². The molecule has 1 N–H and O–H groups in total. The number of nitrogens with one attached hydrogen (secondary N) is 1. The van der Waals surface area contributed by atoms with E-state index in [-0.39, 0.29) is 0 Å². The molecular weight excluding hydrogens is 178 g/mol. The number of thiophene rings is 1. The van der Waals surface area contributed by atoms with Gasteiger partial charge in [-0.3, -0.25) is 0 Å². The largest absolute Gasteiger partial charge is 0.314 e. The molecule has 2 unspecified atom stereocenters. The number of rotatable bonds is 4. The predicted octanol–water partition coefficient (Wildman–Crippen LogP) is 2.85. The zero-order valence-corrected chi connectivity index (χ0v) is 9.10. The van der Waals surface area contributed by atoms with Crippen LogP contribution in [0.1, 0.15) is 31.1 Å². The van der Waals surface area contributed by atoms with Crippen LogP contribution in [0.4, 0.5) is 0 Å². The Morgan fingerprint density at radius 2 is 2.46 bits per heavy atom. The van der Waals surface area contributed by atoms with Crippen molar-refractivity contribution in [3.63, 3.8) is 0 Å². The molecule has 0 spiro atoms. The normalized spacial score (nSPS) is 26.7. The summed E-state index contributed by atoms with van der Waals surface area (Å²) in [5, 5.41) is 5.69. The van der Waals surface area contributed by atoms with E-state index in [1.807, 2.05) is 11.3 Å². The molecule has 0 aliphatic heterocycles. The van der Waals surface area contributed by atoms with Crippen LogP contribution in [0.25, 0.3) is 0 Å². The monoisotopic (exact) mass is 195 g/mol. The summed E-state index contributed by atoms with van der Waals surface area (Å²) in [4.78, 5) is 1.58. The highest BCUT2D eigenvalue weighted by Crippen LogP contribution is 2.48. The van der Waals surface area contributed by atoms with E-state index in [1.54, 1.807) is 4.88 Å². The Hall–Kier alpha value is -0.340. The van der Waals surface area contributed by atoms with Crippen LogP contribution in [-0.2, 0) is 0 Å². The van der Waals surface area contributed by atoms with Gasteiger partial charge in [0, 0.05) is 10.9 Å². The average Bonchev–Trinajstić information content (AvgIpc) is 2.66. The van der Waals surface area contributed by atoms with E-state index < -0.39 is 0 Å². The molecule has 0 saturated heterocycles. The lowest BCUT2D eigenvalue weighted by Crippen LogP contribution is -2.25. The quantitative estimate of drug-likeness (QED) is 0.779. The third-order valence-electron chi connectivity index (χ3n) is 2.62. The van der Waals surface area contributed by atoms with E-state index in [2.05, 4.69) is 36.7 Å². The van der Waals surface area contributed by atoms with E-state index >= 15 is 0 Å². The van der Waals surface area contributed by atoms with Crippen molar-refractivity contribution in [2.75, 3.05) is 6.54 Å². The van der Waals surface area contributed by atoms with Gasteiger partial charge in [0.15, 0.2) is 0 Å². The highest BCUT2D eigenvalue weighted by Gasteiger charge is 2.38. The second-order valence-electron chi connectivity index (χ2n) is 4.18. The Balaban J connectivity index is 1.77. The molecule has 0 aromatic carbocycles. The summed E-state index contributed by atoms with van der Waals surface area (Å²) < 4.78 is 0. The highest BCUT2D eigenvalue weighted by molar-refractivity contribution is 7.10. The lowest BCUT2D eigenvalue weighted by Gasteiger charge is -2.06. The van der Waals surface area contributed by atoms with E-state index in [4.69, 9.17) is 0 Å². The summed E-state index contributed by atoms with van der Waals surface area (Å²) in [6, 6.07) is 5.06. The van der Waals surface area contributed by atoms with E-state index in [9.17, 15) is 0 Å². The zero-order valence-electron chi connectivity index (χ0n) is 8.29. The summed E-state index contributed by atoms with van der Waals surface area (Å²) in [5.74, 6) is 1.77. The molecule has 1 heterocycles. The second kappa shape index (κ2) is 3.81. The molecule has 1 aromatic rings. The maximum atomic E-state index is 3.50. The Bertz CT molecular complexity index is 253. The summed E-state index contributed by atoms with van der Waals surface area (Å²) in [6.07, 6.45) is 1.39. The minimum absolute atomic E-state index is 0.629. The van der Waals surface area contributed by atoms with Crippen LogP contribution < -0.4 is 5.32 Å². The van der Waals surface area contributed by atoms with Crippen LogP contribution in [-0.4, -0.2) is 12.6 Å². The summed E-state index contributed by atoms with van der Waals surface area (Å²) in [6.45, 7) is 5.62. The molecule has 2 heteroatoms. The molecule has 13 heavy (non-hydrogen) atoms. The van der Waals surface area contributed by atoms with Crippen molar-refractivity contribution < 1.29 is 0 Å². The molecule has 0 radical (unpaired) electrons. The summed E-state index contributed by atoms with van der Waals surface area (Å²) >= 11 is 1.90. The van der Waals surface area contributed by atoms with Crippen LogP contribution in [0.15, 0.2) is 17.5 Å². The van der Waals surface area contributed by atoms with E-state index in [1.165, 1.54) is 13.0 Å². The maximum Gasteiger partial charge on any atom is 0.00795 e. The Morgan fingerprint density at radius 1 is 1.62 bits per heavy atom. The molecule has 1 aliphatic rings. The van der Waals surface area contributed by atoms with Crippen LogP contribution >= 0.6 is 11.3 Å². The molecule has 72 valence electrons. The van der Waals surface area contributed by atoms with Crippen LogP contribution in [0.3, 0.4) is 0 Å². The highest BCUT2D eigenvalue weighted by atomic mass is 32.1. The molecule has 1 fully saturated rings. The Kier molecular flexibility index (Phi) is 2.70. The fourth-order valence-electron chi connectivity index (χ4n) is 1.71. The first-order valence-electron chi connectivity index (χ1n) is 5.04. The fourth-order valence-corrected chi connectivity index (χ4v) is 2.65. The standard InChI is InChI=1S/C11H17NS/c1-8(2)12-7-9-6-10(9)11-4-3-5-13-11/h3-5,8-10,12H,6-7H2,1-2H3. The Labute approximate surface area is 84.2 Å². The van der Waals surface area contributed by atoms with Gasteiger partial charge < -0.3 is 5.32 Å². The first kappa shape index (κ1) is 9.22. The van der Waals surface area contributed by atoms with Crippen molar-refractivity contribution in [1.29, 1.82) is 0 Å². The van der Waals surface area contributed by atoms with Gasteiger partial charge in [-0.1, -0.05) is 19.9 Å². The first-order chi connectivity index (χ1) is 6.27. The molecule has 0 amide bonds. The van der Waals surface area contributed by atoms with Gasteiger partial charge in [-0.25, -0.2) is 0 Å². The van der Waals surface area contributed by atoms with Crippen LogP contribution in [0.5, 0.6) is 0 Å². The third kappa shape index (κ3) is 2.32. The second-order valence-corrected chi connectivity index (χ2v) is 5.16. The third-order valence-corrected chi connectivity index (χ3v) is 3.62. The lowest BCUT2D eigenvalue weighted by atomic mass is 10.2. The molecule has 1 aliphatic carbocycles. The van der Waals surface area contributed by atoms with Crippen molar-refractivity contribution in [2.45, 2.75) is 32.2 Å². The molecule has 2 rings (SSSR count). The van der Waals surface area contributed by atoms with Crippen molar-refractivity contribution >= 4 is 11.3 Å². The van der Waals surface area contributed by atoms with Gasteiger partial charge in [-0.05, 0) is 36.2 Å². The van der Waals surface area contributed by atoms with Crippen molar-refractivity contribution in [3.05, 3.63) is 22.4 Å². The molecular formula is C11H17NS. The maximum absolute atomic E-state index is 3.50. The van der Waals surface area contributed by atoms with Gasteiger partial charge in [-0.15, -0.1) is 11.3 Å². The van der Waals surface area contributed by atoms with Gasteiger partial charge in [0.2, 0.25) is 0 Å². The van der Waals surface area contributed by atoms with Gasteiger partial charge >= 0.3 is 0 Å². The van der Waals surface area contributed by atoms with Crippen LogP contribution in [0, 0.1) is 5.92 Å². The summed E-state index contributed by atoms with van der Waals surface area (Å²) in [5.41, 5.74) is 0. The Morgan fingerprint density at radius 3 is 3.08 bits per heavy atom. The first-order valence-corrected chi connectivity index (χ1v) is 5.92. The predicted molar refractivity (Wildman–Crippen MR) is 58.3 cm³/mol. The molecule has 1 saturated carbocycles. The average molecular weight is 195 g/mol. The molecule has 1 aromatic heterocycles.